The molecule has 2 rings (SSSR count). The Labute approximate surface area is 102 Å². The molecule has 98 valence electrons. The van der Waals surface area contributed by atoms with Crippen LogP contribution in [0.2, 0.25) is 0 Å². The van der Waals surface area contributed by atoms with E-state index >= 15 is 0 Å². The average Bonchev–Trinajstić information content (AvgIpc) is 2.53. The lowest BCUT2D eigenvalue weighted by Gasteiger charge is -2.12. The van der Waals surface area contributed by atoms with Gasteiger partial charge in [0.15, 0.2) is 0 Å². The summed E-state index contributed by atoms with van der Waals surface area (Å²) in [5, 5.41) is 0.133. The lowest BCUT2D eigenvalue weighted by molar-refractivity contribution is -0.135. The average molecular weight is 257 g/mol. The minimum absolute atomic E-state index is 0.133. The minimum Gasteiger partial charge on any atom is -0.398 e. The number of nitrogens with two attached hydrogens (primary N) is 2. The first-order chi connectivity index (χ1) is 8.36. The molecule has 0 radical (unpaired) electrons. The molecular weight excluding hydrogens is 243 g/mol. The molecule has 3 nitrogen and oxygen atoms in total. The van der Waals surface area contributed by atoms with Gasteiger partial charge in [-0.1, -0.05) is 0 Å². The molecule has 0 spiro atoms. The normalized spacial score (nSPS) is 12.3. The van der Waals surface area contributed by atoms with Gasteiger partial charge < -0.3 is 16.0 Å². The zero-order chi connectivity index (χ0) is 13.5. The van der Waals surface area contributed by atoms with Crippen LogP contribution in [0.4, 0.5) is 18.9 Å². The number of hydrogen-bond donors (Lipinski definition) is 2. The van der Waals surface area contributed by atoms with Gasteiger partial charge in [-0.15, -0.1) is 0 Å². The first kappa shape index (κ1) is 12.8. The molecule has 0 saturated heterocycles. The van der Waals surface area contributed by atoms with Crippen molar-refractivity contribution in [3.05, 3.63) is 29.5 Å². The third-order valence-corrected chi connectivity index (χ3v) is 2.96. The van der Waals surface area contributed by atoms with Crippen LogP contribution in [-0.4, -0.2) is 11.1 Å². The Kier molecular flexibility index (Phi) is 2.98. The lowest BCUT2D eigenvalue weighted by atomic mass is 10.1. The van der Waals surface area contributed by atoms with Crippen molar-refractivity contribution in [2.24, 2.45) is 5.73 Å². The van der Waals surface area contributed by atoms with Gasteiger partial charge in [-0.3, -0.25) is 0 Å². The second kappa shape index (κ2) is 4.20. The van der Waals surface area contributed by atoms with Gasteiger partial charge in [0.05, 0.1) is 5.56 Å². The molecule has 0 unspecified atom stereocenters. The van der Waals surface area contributed by atoms with Crippen LogP contribution in [0.5, 0.6) is 0 Å². The number of halogens is 3. The van der Waals surface area contributed by atoms with Crippen LogP contribution < -0.4 is 11.5 Å². The number of aryl methyl sites for hydroxylation is 1. The molecule has 6 heteroatoms. The molecule has 2 aromatic rings. The summed E-state index contributed by atoms with van der Waals surface area (Å²) in [5.41, 5.74) is 11.2. The Morgan fingerprint density at radius 1 is 1.28 bits per heavy atom. The summed E-state index contributed by atoms with van der Waals surface area (Å²) in [6.07, 6.45) is -4.45. The fraction of sp³-hybridized carbons (Fsp3) is 0.333. The Morgan fingerprint density at radius 2 is 1.94 bits per heavy atom. The van der Waals surface area contributed by atoms with Gasteiger partial charge in [-0.05, 0) is 25.1 Å². The van der Waals surface area contributed by atoms with E-state index in [0.29, 0.717) is 18.6 Å². The monoisotopic (exact) mass is 257 g/mol. The fourth-order valence-corrected chi connectivity index (χ4v) is 2.23. The second-order valence-corrected chi connectivity index (χ2v) is 4.19. The highest BCUT2D eigenvalue weighted by Gasteiger charge is 2.35. The molecule has 0 bridgehead atoms. The van der Waals surface area contributed by atoms with E-state index in [1.165, 1.54) is 12.1 Å². The van der Waals surface area contributed by atoms with Crippen molar-refractivity contribution in [3.63, 3.8) is 0 Å². The smallest absolute Gasteiger partial charge is 0.398 e. The third kappa shape index (κ3) is 1.92. The van der Waals surface area contributed by atoms with Crippen LogP contribution in [0.1, 0.15) is 11.3 Å². The van der Waals surface area contributed by atoms with Crippen molar-refractivity contribution >= 4 is 16.6 Å². The van der Waals surface area contributed by atoms with Crippen molar-refractivity contribution in [2.75, 3.05) is 12.3 Å². The molecule has 1 aromatic heterocycles. The summed E-state index contributed by atoms with van der Waals surface area (Å²) in [5.74, 6) is 0. The molecule has 1 heterocycles. The molecule has 0 amide bonds. The van der Waals surface area contributed by atoms with Gasteiger partial charge in [0, 0.05) is 35.4 Å². The highest BCUT2D eigenvalue weighted by atomic mass is 19.4. The molecule has 18 heavy (non-hydrogen) atoms. The summed E-state index contributed by atoms with van der Waals surface area (Å²) in [6, 6.07) is 4.39. The predicted molar refractivity (Wildman–Crippen MR) is 65.1 cm³/mol. The Balaban J connectivity index is 2.79. The van der Waals surface area contributed by atoms with Gasteiger partial charge in [-0.2, -0.15) is 13.2 Å². The number of nitrogen functional groups attached to an aromatic ring is 1. The van der Waals surface area contributed by atoms with Crippen LogP contribution in [-0.2, 0) is 12.7 Å². The van der Waals surface area contributed by atoms with Crippen molar-refractivity contribution in [2.45, 2.75) is 19.6 Å². The van der Waals surface area contributed by atoms with Crippen LogP contribution in [0.15, 0.2) is 18.2 Å². The Bertz CT molecular complexity index is 584. The minimum atomic E-state index is -4.45. The molecule has 0 aliphatic heterocycles. The maximum absolute atomic E-state index is 13.0. The number of anilines is 1. The summed E-state index contributed by atoms with van der Waals surface area (Å²) < 4.78 is 40.7. The summed E-state index contributed by atoms with van der Waals surface area (Å²) in [6.45, 7) is 2.61. The SMILES string of the molecule is Cc1cc2c(C(F)(F)F)c(N)ccc2n1CCN. The first-order valence-electron chi connectivity index (χ1n) is 5.52. The molecular formula is C12H14F3N3. The van der Waals surface area contributed by atoms with E-state index in [1.54, 1.807) is 17.6 Å². The number of nitrogens with zero attached hydrogens (tertiary/aromatic N) is 1. The lowest BCUT2D eigenvalue weighted by Crippen LogP contribution is -2.12. The van der Waals surface area contributed by atoms with Crippen molar-refractivity contribution < 1.29 is 13.2 Å². The van der Waals surface area contributed by atoms with E-state index in [0.717, 1.165) is 5.69 Å². The number of hydrogen-bond acceptors (Lipinski definition) is 2. The highest BCUT2D eigenvalue weighted by Crippen LogP contribution is 2.39. The van der Waals surface area contributed by atoms with Crippen LogP contribution in [0.3, 0.4) is 0 Å². The molecule has 0 aliphatic rings. The van der Waals surface area contributed by atoms with E-state index in [4.69, 9.17) is 11.5 Å². The standard InChI is InChI=1S/C12H14F3N3/c1-7-6-8-10(18(7)5-4-16)3-2-9(17)11(8)12(13,14)15/h2-3,6H,4-5,16-17H2,1H3. The summed E-state index contributed by atoms with van der Waals surface area (Å²) >= 11 is 0. The zero-order valence-corrected chi connectivity index (χ0v) is 9.88. The van der Waals surface area contributed by atoms with E-state index in [-0.39, 0.29) is 11.1 Å². The van der Waals surface area contributed by atoms with E-state index in [2.05, 4.69) is 0 Å². The Morgan fingerprint density at radius 3 is 2.50 bits per heavy atom. The first-order valence-corrected chi connectivity index (χ1v) is 5.52. The number of fused-ring (bicyclic) bond motifs is 1. The van der Waals surface area contributed by atoms with Crippen LogP contribution >= 0.6 is 0 Å². The number of rotatable bonds is 2. The largest absolute Gasteiger partial charge is 0.419 e. The van der Waals surface area contributed by atoms with Crippen molar-refractivity contribution in [1.82, 2.24) is 4.57 Å². The van der Waals surface area contributed by atoms with Gasteiger partial charge >= 0.3 is 6.18 Å². The Hall–Kier alpha value is -1.69. The fourth-order valence-electron chi connectivity index (χ4n) is 2.23. The molecule has 0 saturated carbocycles. The second-order valence-electron chi connectivity index (χ2n) is 4.19. The van der Waals surface area contributed by atoms with Crippen LogP contribution in [0.25, 0.3) is 10.9 Å². The van der Waals surface area contributed by atoms with E-state index < -0.39 is 11.7 Å². The van der Waals surface area contributed by atoms with E-state index in [1.807, 2.05) is 0 Å². The zero-order valence-electron chi connectivity index (χ0n) is 9.88. The van der Waals surface area contributed by atoms with Crippen LogP contribution in [0, 0.1) is 6.92 Å². The molecule has 1 aromatic carbocycles. The van der Waals surface area contributed by atoms with E-state index in [9.17, 15) is 13.2 Å². The third-order valence-electron chi connectivity index (χ3n) is 2.96. The van der Waals surface area contributed by atoms with Crippen molar-refractivity contribution in [1.29, 1.82) is 0 Å². The molecule has 0 aliphatic carbocycles. The highest BCUT2D eigenvalue weighted by molar-refractivity contribution is 5.89. The maximum Gasteiger partial charge on any atom is 0.419 e. The summed E-state index contributed by atoms with van der Waals surface area (Å²) in [7, 11) is 0. The number of aromatic nitrogens is 1. The molecule has 0 atom stereocenters. The molecule has 4 N–H and O–H groups in total. The van der Waals surface area contributed by atoms with Crippen molar-refractivity contribution in [3.8, 4) is 0 Å². The predicted octanol–water partition coefficient (Wildman–Crippen LogP) is 2.51. The number of benzene rings is 1. The van der Waals surface area contributed by atoms with Gasteiger partial charge in [0.2, 0.25) is 0 Å². The van der Waals surface area contributed by atoms with Gasteiger partial charge in [0.1, 0.15) is 0 Å². The quantitative estimate of drug-likeness (QED) is 0.812. The van der Waals surface area contributed by atoms with Gasteiger partial charge in [0.25, 0.3) is 0 Å². The summed E-state index contributed by atoms with van der Waals surface area (Å²) in [4.78, 5) is 0. The maximum atomic E-state index is 13.0. The number of alkyl halides is 3. The van der Waals surface area contributed by atoms with Gasteiger partial charge in [-0.25, -0.2) is 0 Å². The topological polar surface area (TPSA) is 57.0 Å². The molecule has 0 fully saturated rings.